The molecule has 2 aromatic carbocycles. The maximum atomic E-state index is 13.1. The molecule has 1 aromatic heterocycles. The largest absolute Gasteiger partial charge is 0.497 e. The van der Waals surface area contributed by atoms with Gasteiger partial charge in [0, 0.05) is 35.8 Å². The van der Waals surface area contributed by atoms with E-state index >= 15 is 0 Å². The number of methoxy groups -OCH3 is 1. The van der Waals surface area contributed by atoms with Gasteiger partial charge in [0.25, 0.3) is 0 Å². The molecule has 6 nitrogen and oxygen atoms in total. The number of carbonyl (C=O) groups is 1. The van der Waals surface area contributed by atoms with Crippen molar-refractivity contribution in [1.82, 2.24) is 14.9 Å². The summed E-state index contributed by atoms with van der Waals surface area (Å²) in [4.78, 5) is 23.9. The van der Waals surface area contributed by atoms with Gasteiger partial charge in [-0.3, -0.25) is 9.69 Å². The second kappa shape index (κ2) is 9.05. The molecule has 0 aliphatic carbocycles. The fourth-order valence-electron chi connectivity index (χ4n) is 3.88. The third kappa shape index (κ3) is 4.49. The van der Waals surface area contributed by atoms with Crippen LogP contribution in [-0.2, 0) is 11.3 Å². The number of para-hydroxylation sites is 1. The van der Waals surface area contributed by atoms with E-state index in [1.54, 1.807) is 7.11 Å². The number of hydrogen-bond donors (Lipinski definition) is 1. The third-order valence-corrected chi connectivity index (χ3v) is 5.47. The summed E-state index contributed by atoms with van der Waals surface area (Å²) in [7, 11) is 1.65. The summed E-state index contributed by atoms with van der Waals surface area (Å²) in [5.74, 6) is 1.59. The molecule has 0 saturated carbocycles. The van der Waals surface area contributed by atoms with Gasteiger partial charge in [-0.05, 0) is 50.1 Å². The number of likely N-dealkylation sites (tertiary alicyclic amines) is 1. The smallest absolute Gasteiger partial charge is 0.241 e. The van der Waals surface area contributed by atoms with Crippen LogP contribution in [0, 0.1) is 6.92 Å². The first-order chi connectivity index (χ1) is 14.6. The lowest BCUT2D eigenvalue weighted by molar-refractivity contribution is -0.120. The molecule has 0 bridgehead atoms. The zero-order valence-corrected chi connectivity index (χ0v) is 17.3. The lowest BCUT2D eigenvalue weighted by atomic mass is 10.0. The molecule has 1 N–H and O–H groups in total. The molecule has 1 unspecified atom stereocenters. The first kappa shape index (κ1) is 20.0. The summed E-state index contributed by atoms with van der Waals surface area (Å²) < 4.78 is 5.25. The molecule has 1 fully saturated rings. The highest BCUT2D eigenvalue weighted by Crippen LogP contribution is 2.30. The van der Waals surface area contributed by atoms with Crippen LogP contribution < -0.4 is 10.1 Å². The second-order valence-electron chi connectivity index (χ2n) is 7.53. The number of aromatic nitrogens is 2. The van der Waals surface area contributed by atoms with Crippen molar-refractivity contribution in [2.75, 3.05) is 19.0 Å². The Labute approximate surface area is 176 Å². The van der Waals surface area contributed by atoms with Crippen molar-refractivity contribution >= 4 is 11.6 Å². The summed E-state index contributed by atoms with van der Waals surface area (Å²) in [6.07, 6.45) is 5.54. The van der Waals surface area contributed by atoms with Crippen LogP contribution >= 0.6 is 0 Å². The van der Waals surface area contributed by atoms with Crippen molar-refractivity contribution in [2.24, 2.45) is 0 Å². The number of amides is 1. The van der Waals surface area contributed by atoms with Crippen LogP contribution in [0.5, 0.6) is 5.75 Å². The maximum Gasteiger partial charge on any atom is 0.241 e. The summed E-state index contributed by atoms with van der Waals surface area (Å²) in [6.45, 7) is 3.45. The Morgan fingerprint density at radius 2 is 1.87 bits per heavy atom. The van der Waals surface area contributed by atoms with Gasteiger partial charge in [-0.1, -0.05) is 30.3 Å². The molecule has 1 aliphatic rings. The number of aryl methyl sites for hydroxylation is 1. The van der Waals surface area contributed by atoms with Crippen molar-refractivity contribution in [3.63, 3.8) is 0 Å². The Morgan fingerprint density at radius 3 is 2.60 bits per heavy atom. The molecule has 1 atom stereocenters. The SMILES string of the molecule is COc1ccc(-c2ccccc2NC(=O)C2CCCN2Cc2cnc(C)nc2)cc1. The van der Waals surface area contributed by atoms with Crippen LogP contribution in [0.1, 0.15) is 24.2 Å². The molecule has 6 heteroatoms. The lowest BCUT2D eigenvalue weighted by Crippen LogP contribution is -2.39. The average Bonchev–Trinajstić information content (AvgIpc) is 3.24. The molecule has 2 heterocycles. The van der Waals surface area contributed by atoms with E-state index in [1.165, 1.54) is 0 Å². The molecular formula is C24H26N4O2. The van der Waals surface area contributed by atoms with Crippen LogP contribution in [0.2, 0.25) is 0 Å². The molecular weight excluding hydrogens is 376 g/mol. The monoisotopic (exact) mass is 402 g/mol. The fourth-order valence-corrected chi connectivity index (χ4v) is 3.88. The van der Waals surface area contributed by atoms with Gasteiger partial charge in [0.15, 0.2) is 0 Å². The van der Waals surface area contributed by atoms with E-state index in [1.807, 2.05) is 67.8 Å². The molecule has 1 aliphatic heterocycles. The first-order valence-electron chi connectivity index (χ1n) is 10.2. The standard InChI is InChI=1S/C24H26N4O2/c1-17-25-14-18(15-26-17)16-28-13-5-8-23(28)24(29)27-22-7-4-3-6-21(22)19-9-11-20(30-2)12-10-19/h3-4,6-7,9-12,14-15,23H,5,8,13,16H2,1-2H3,(H,27,29). The molecule has 3 aromatic rings. The van der Waals surface area contributed by atoms with Gasteiger partial charge < -0.3 is 10.1 Å². The van der Waals surface area contributed by atoms with Crippen molar-refractivity contribution in [3.8, 4) is 16.9 Å². The Bertz CT molecular complexity index is 1000. The van der Waals surface area contributed by atoms with E-state index in [4.69, 9.17) is 4.74 Å². The van der Waals surface area contributed by atoms with E-state index in [9.17, 15) is 4.79 Å². The number of rotatable bonds is 6. The van der Waals surface area contributed by atoms with Crippen molar-refractivity contribution in [3.05, 3.63) is 72.3 Å². The van der Waals surface area contributed by atoms with E-state index in [0.717, 1.165) is 53.3 Å². The van der Waals surface area contributed by atoms with E-state index < -0.39 is 0 Å². The normalized spacial score (nSPS) is 16.4. The molecule has 1 saturated heterocycles. The highest BCUT2D eigenvalue weighted by molar-refractivity contribution is 5.98. The fraction of sp³-hybridized carbons (Fsp3) is 0.292. The molecule has 1 amide bonds. The van der Waals surface area contributed by atoms with E-state index in [2.05, 4.69) is 20.2 Å². The molecule has 154 valence electrons. The Morgan fingerprint density at radius 1 is 1.13 bits per heavy atom. The van der Waals surface area contributed by atoms with Gasteiger partial charge >= 0.3 is 0 Å². The van der Waals surface area contributed by atoms with Crippen LogP contribution in [0.4, 0.5) is 5.69 Å². The number of anilines is 1. The minimum atomic E-state index is -0.157. The second-order valence-corrected chi connectivity index (χ2v) is 7.53. The first-order valence-corrected chi connectivity index (χ1v) is 10.2. The molecule has 0 spiro atoms. The number of ether oxygens (including phenoxy) is 1. The van der Waals surface area contributed by atoms with Gasteiger partial charge in [-0.2, -0.15) is 0 Å². The van der Waals surface area contributed by atoms with Crippen molar-refractivity contribution in [2.45, 2.75) is 32.4 Å². The van der Waals surface area contributed by atoms with Crippen LogP contribution in [-0.4, -0.2) is 40.5 Å². The molecule has 0 radical (unpaired) electrons. The van der Waals surface area contributed by atoms with Gasteiger partial charge in [0.05, 0.1) is 13.2 Å². The maximum absolute atomic E-state index is 13.1. The Kier molecular flexibility index (Phi) is 6.05. The predicted molar refractivity (Wildman–Crippen MR) is 117 cm³/mol. The minimum Gasteiger partial charge on any atom is -0.497 e. The number of hydrogen-bond acceptors (Lipinski definition) is 5. The number of carbonyl (C=O) groups excluding carboxylic acids is 1. The number of benzene rings is 2. The van der Waals surface area contributed by atoms with Crippen LogP contribution in [0.25, 0.3) is 11.1 Å². The topological polar surface area (TPSA) is 67.3 Å². The van der Waals surface area contributed by atoms with Gasteiger partial charge in [-0.25, -0.2) is 9.97 Å². The zero-order valence-electron chi connectivity index (χ0n) is 17.3. The number of nitrogens with one attached hydrogen (secondary N) is 1. The quantitative estimate of drug-likeness (QED) is 0.673. The summed E-state index contributed by atoms with van der Waals surface area (Å²) >= 11 is 0. The Hall–Kier alpha value is -3.25. The van der Waals surface area contributed by atoms with E-state index in [0.29, 0.717) is 6.54 Å². The van der Waals surface area contributed by atoms with Gasteiger partial charge in [0.2, 0.25) is 5.91 Å². The average molecular weight is 402 g/mol. The van der Waals surface area contributed by atoms with Crippen molar-refractivity contribution in [1.29, 1.82) is 0 Å². The third-order valence-electron chi connectivity index (χ3n) is 5.47. The summed E-state index contributed by atoms with van der Waals surface area (Å²) in [5.41, 5.74) is 3.87. The van der Waals surface area contributed by atoms with Crippen molar-refractivity contribution < 1.29 is 9.53 Å². The molecule has 4 rings (SSSR count). The zero-order chi connectivity index (χ0) is 20.9. The Balaban J connectivity index is 1.49. The highest BCUT2D eigenvalue weighted by atomic mass is 16.5. The highest BCUT2D eigenvalue weighted by Gasteiger charge is 2.31. The number of nitrogens with zero attached hydrogens (tertiary/aromatic N) is 3. The van der Waals surface area contributed by atoms with Gasteiger partial charge in [0.1, 0.15) is 11.6 Å². The predicted octanol–water partition coefficient (Wildman–Crippen LogP) is 4.06. The van der Waals surface area contributed by atoms with Crippen LogP contribution in [0.15, 0.2) is 60.9 Å². The molecule has 30 heavy (non-hydrogen) atoms. The minimum absolute atomic E-state index is 0.0292. The summed E-state index contributed by atoms with van der Waals surface area (Å²) in [6, 6.07) is 15.6. The lowest BCUT2D eigenvalue weighted by Gasteiger charge is -2.24. The van der Waals surface area contributed by atoms with E-state index in [-0.39, 0.29) is 11.9 Å². The van der Waals surface area contributed by atoms with Gasteiger partial charge in [-0.15, -0.1) is 0 Å². The summed E-state index contributed by atoms with van der Waals surface area (Å²) in [5, 5.41) is 3.16. The van der Waals surface area contributed by atoms with Crippen LogP contribution in [0.3, 0.4) is 0 Å².